The first-order valence-electron chi connectivity index (χ1n) is 7.78. The van der Waals surface area contributed by atoms with E-state index in [2.05, 4.69) is 5.32 Å². The number of benzene rings is 1. The van der Waals surface area contributed by atoms with E-state index in [0.717, 1.165) is 18.6 Å². The maximum atomic E-state index is 12.6. The van der Waals surface area contributed by atoms with Gasteiger partial charge in [0.1, 0.15) is 0 Å². The number of hydrogen-bond acceptors (Lipinski definition) is 3. The van der Waals surface area contributed by atoms with E-state index in [4.69, 9.17) is 0 Å². The van der Waals surface area contributed by atoms with Crippen LogP contribution in [0.3, 0.4) is 0 Å². The molecule has 0 unspecified atom stereocenters. The van der Waals surface area contributed by atoms with Gasteiger partial charge in [0.2, 0.25) is 0 Å². The van der Waals surface area contributed by atoms with Gasteiger partial charge in [0.15, 0.2) is 0 Å². The molecule has 5 nitrogen and oxygen atoms in total. The molecule has 2 rings (SSSR count). The van der Waals surface area contributed by atoms with Gasteiger partial charge in [0.25, 0.3) is 0 Å². The molecule has 0 spiro atoms. The maximum absolute atomic E-state index is 12.6. The number of carbonyl (C=O) groups is 1. The van der Waals surface area contributed by atoms with Crippen molar-refractivity contribution in [2.75, 3.05) is 31.6 Å². The molecule has 1 heterocycles. The number of aliphatic hydroxyl groups excluding tert-OH is 1. The number of nitrogens with one attached hydrogen (secondary N) is 1. The van der Waals surface area contributed by atoms with Gasteiger partial charge in [-0.15, -0.1) is 0 Å². The van der Waals surface area contributed by atoms with Crippen LogP contribution >= 0.6 is 0 Å². The van der Waals surface area contributed by atoms with Crippen molar-refractivity contribution in [1.29, 1.82) is 0 Å². The number of halogens is 3. The van der Waals surface area contributed by atoms with Gasteiger partial charge in [-0.25, -0.2) is 4.79 Å². The topological polar surface area (TPSA) is 55.8 Å². The molecule has 1 fully saturated rings. The summed E-state index contributed by atoms with van der Waals surface area (Å²) in [5.41, 5.74) is 0.0344. The standard InChI is InChI=1S/C16H22F3N3O2/c1-11(23)9-21(2)15(24)20-13-7-8-22(10-13)14-5-3-12(4-6-14)16(17,18)19/h3-6,11,13,23H,7-10H2,1-2H3,(H,20,24)/t11-,13+/m0/s1. The Hall–Kier alpha value is -1.96. The van der Waals surface area contributed by atoms with Crippen LogP contribution in [0.25, 0.3) is 0 Å². The van der Waals surface area contributed by atoms with Crippen LogP contribution < -0.4 is 10.2 Å². The van der Waals surface area contributed by atoms with Gasteiger partial charge in [-0.1, -0.05) is 0 Å². The number of likely N-dealkylation sites (N-methyl/N-ethyl adjacent to an activating group) is 1. The van der Waals surface area contributed by atoms with Gasteiger partial charge in [0, 0.05) is 38.4 Å². The Labute approximate surface area is 139 Å². The fraction of sp³-hybridized carbons (Fsp3) is 0.562. The lowest BCUT2D eigenvalue weighted by Gasteiger charge is -2.23. The highest BCUT2D eigenvalue weighted by atomic mass is 19.4. The predicted molar refractivity (Wildman–Crippen MR) is 84.9 cm³/mol. The van der Waals surface area contributed by atoms with Crippen molar-refractivity contribution in [2.24, 2.45) is 0 Å². The zero-order chi connectivity index (χ0) is 17.9. The third-order valence-electron chi connectivity index (χ3n) is 3.96. The number of hydrogen-bond donors (Lipinski definition) is 2. The first-order chi connectivity index (χ1) is 11.2. The molecule has 0 radical (unpaired) electrons. The van der Waals surface area contributed by atoms with Crippen LogP contribution in [-0.2, 0) is 6.18 Å². The second-order valence-corrected chi connectivity index (χ2v) is 6.16. The molecule has 1 aliphatic rings. The Morgan fingerprint density at radius 3 is 2.58 bits per heavy atom. The highest BCUT2D eigenvalue weighted by Gasteiger charge is 2.31. The van der Waals surface area contributed by atoms with Gasteiger partial charge < -0.3 is 20.2 Å². The summed E-state index contributed by atoms with van der Waals surface area (Å²) in [6.07, 6.45) is -4.22. The molecule has 0 aromatic heterocycles. The molecule has 24 heavy (non-hydrogen) atoms. The van der Waals surface area contributed by atoms with Crippen LogP contribution in [-0.4, -0.2) is 54.9 Å². The summed E-state index contributed by atoms with van der Waals surface area (Å²) in [4.78, 5) is 15.3. The molecule has 2 N–H and O–H groups in total. The summed E-state index contributed by atoms with van der Waals surface area (Å²) in [6.45, 7) is 3.04. The lowest BCUT2D eigenvalue weighted by molar-refractivity contribution is -0.137. The lowest BCUT2D eigenvalue weighted by Crippen LogP contribution is -2.46. The second-order valence-electron chi connectivity index (χ2n) is 6.16. The summed E-state index contributed by atoms with van der Waals surface area (Å²) >= 11 is 0. The molecule has 0 aliphatic carbocycles. The average molecular weight is 345 g/mol. The van der Waals surface area contributed by atoms with E-state index >= 15 is 0 Å². The van der Waals surface area contributed by atoms with Crippen molar-refractivity contribution in [3.8, 4) is 0 Å². The minimum Gasteiger partial charge on any atom is -0.392 e. The maximum Gasteiger partial charge on any atom is 0.416 e. The van der Waals surface area contributed by atoms with Gasteiger partial charge in [-0.2, -0.15) is 13.2 Å². The van der Waals surface area contributed by atoms with Crippen LogP contribution in [0.1, 0.15) is 18.9 Å². The largest absolute Gasteiger partial charge is 0.416 e. The first-order valence-corrected chi connectivity index (χ1v) is 7.78. The fourth-order valence-electron chi connectivity index (χ4n) is 2.74. The monoisotopic (exact) mass is 345 g/mol. The summed E-state index contributed by atoms with van der Waals surface area (Å²) in [5, 5.41) is 12.2. The Morgan fingerprint density at radius 2 is 2.04 bits per heavy atom. The number of anilines is 1. The number of alkyl halides is 3. The molecule has 0 saturated carbocycles. The van der Waals surface area contributed by atoms with E-state index in [-0.39, 0.29) is 18.6 Å². The average Bonchev–Trinajstić information content (AvgIpc) is 2.94. The number of urea groups is 1. The van der Waals surface area contributed by atoms with E-state index in [0.29, 0.717) is 18.8 Å². The van der Waals surface area contributed by atoms with Crippen LogP contribution in [0.2, 0.25) is 0 Å². The Bertz CT molecular complexity index is 561. The predicted octanol–water partition coefficient (Wildman–Crippen LogP) is 2.31. The van der Waals surface area contributed by atoms with Crippen molar-refractivity contribution in [2.45, 2.75) is 31.7 Å². The molecule has 1 aromatic carbocycles. The van der Waals surface area contributed by atoms with Crippen molar-refractivity contribution in [1.82, 2.24) is 10.2 Å². The molecule has 134 valence electrons. The number of amides is 2. The van der Waals surface area contributed by atoms with Gasteiger partial charge in [0.05, 0.1) is 11.7 Å². The smallest absolute Gasteiger partial charge is 0.392 e. The molecular formula is C16H22F3N3O2. The highest BCUT2D eigenvalue weighted by Crippen LogP contribution is 2.31. The molecule has 8 heteroatoms. The molecule has 1 saturated heterocycles. The molecule has 1 aromatic rings. The van der Waals surface area contributed by atoms with E-state index in [1.54, 1.807) is 14.0 Å². The number of carbonyl (C=O) groups excluding carboxylic acids is 1. The molecular weight excluding hydrogens is 323 g/mol. The van der Waals surface area contributed by atoms with Gasteiger partial charge >= 0.3 is 12.2 Å². The molecule has 0 bridgehead atoms. The number of rotatable bonds is 4. The summed E-state index contributed by atoms with van der Waals surface area (Å²) in [6, 6.07) is 4.69. The molecule has 2 amide bonds. The minimum absolute atomic E-state index is 0.0729. The van der Waals surface area contributed by atoms with Crippen molar-refractivity contribution in [3.63, 3.8) is 0 Å². The molecule has 2 atom stereocenters. The van der Waals surface area contributed by atoms with Gasteiger partial charge in [-0.05, 0) is 37.6 Å². The van der Waals surface area contributed by atoms with E-state index < -0.39 is 17.8 Å². The normalized spacial score (nSPS) is 19.2. The van der Waals surface area contributed by atoms with Crippen molar-refractivity contribution in [3.05, 3.63) is 29.8 Å². The SMILES string of the molecule is C[C@H](O)CN(C)C(=O)N[C@@H]1CCN(c2ccc(C(F)(F)F)cc2)C1. The summed E-state index contributed by atoms with van der Waals surface area (Å²) in [7, 11) is 1.60. The third-order valence-corrected chi connectivity index (χ3v) is 3.96. The quantitative estimate of drug-likeness (QED) is 0.880. The number of nitrogens with zero attached hydrogens (tertiary/aromatic N) is 2. The van der Waals surface area contributed by atoms with Gasteiger partial charge in [-0.3, -0.25) is 0 Å². The Kier molecular flexibility index (Phi) is 5.58. The van der Waals surface area contributed by atoms with Crippen LogP contribution in [0.4, 0.5) is 23.7 Å². The zero-order valence-electron chi connectivity index (χ0n) is 13.7. The minimum atomic E-state index is -4.34. The second kappa shape index (κ2) is 7.29. The van der Waals surface area contributed by atoms with E-state index in [1.165, 1.54) is 17.0 Å². The van der Waals surface area contributed by atoms with Crippen LogP contribution in [0.5, 0.6) is 0 Å². The molecule has 1 aliphatic heterocycles. The third kappa shape index (κ3) is 4.77. The Balaban J connectivity index is 1.90. The summed E-state index contributed by atoms with van der Waals surface area (Å²) in [5.74, 6) is 0. The van der Waals surface area contributed by atoms with Crippen LogP contribution in [0, 0.1) is 0 Å². The highest BCUT2D eigenvalue weighted by molar-refractivity contribution is 5.74. The lowest BCUT2D eigenvalue weighted by atomic mass is 10.2. The fourth-order valence-corrected chi connectivity index (χ4v) is 2.74. The Morgan fingerprint density at radius 1 is 1.42 bits per heavy atom. The van der Waals surface area contributed by atoms with E-state index in [9.17, 15) is 23.1 Å². The van der Waals surface area contributed by atoms with Crippen molar-refractivity contribution >= 4 is 11.7 Å². The van der Waals surface area contributed by atoms with E-state index in [1.807, 2.05) is 4.90 Å². The summed E-state index contributed by atoms with van der Waals surface area (Å²) < 4.78 is 37.8. The number of aliphatic hydroxyl groups is 1. The van der Waals surface area contributed by atoms with Crippen LogP contribution in [0.15, 0.2) is 24.3 Å². The zero-order valence-corrected chi connectivity index (χ0v) is 13.7. The van der Waals surface area contributed by atoms with Crippen molar-refractivity contribution < 1.29 is 23.1 Å². The first kappa shape index (κ1) is 18.4.